The van der Waals surface area contributed by atoms with E-state index in [9.17, 15) is 4.79 Å². The van der Waals surface area contributed by atoms with Crippen molar-refractivity contribution in [2.75, 3.05) is 13.1 Å². The molecule has 0 spiro atoms. The van der Waals surface area contributed by atoms with Gasteiger partial charge in [-0.2, -0.15) is 0 Å². The summed E-state index contributed by atoms with van der Waals surface area (Å²) in [6.45, 7) is 1.83. The molecule has 1 heterocycles. The van der Waals surface area contributed by atoms with E-state index in [1.54, 1.807) is 0 Å². The Balaban J connectivity index is 1.77. The number of carbonyl (C=O) groups is 1. The molecule has 1 aromatic rings. The van der Waals surface area contributed by atoms with Crippen molar-refractivity contribution >= 4 is 5.91 Å². The van der Waals surface area contributed by atoms with E-state index < -0.39 is 0 Å². The first kappa shape index (κ1) is 10.8. The summed E-state index contributed by atoms with van der Waals surface area (Å²) in [5.74, 6) is 0.282. The second-order valence-electron chi connectivity index (χ2n) is 5.01. The fourth-order valence-electron chi connectivity index (χ4n) is 2.72. The number of hydrogen-bond donors (Lipinski definition) is 2. The van der Waals surface area contributed by atoms with Crippen LogP contribution in [0.2, 0.25) is 0 Å². The van der Waals surface area contributed by atoms with E-state index in [2.05, 4.69) is 28.8 Å². The molecule has 3 rings (SSSR count). The summed E-state index contributed by atoms with van der Waals surface area (Å²) in [5.41, 5.74) is 2.59. The van der Waals surface area contributed by atoms with E-state index in [0.29, 0.717) is 6.04 Å². The number of benzene rings is 1. The predicted molar refractivity (Wildman–Crippen MR) is 66.9 cm³/mol. The first-order valence-electron chi connectivity index (χ1n) is 6.43. The number of hydrogen-bond acceptors (Lipinski definition) is 2. The van der Waals surface area contributed by atoms with Crippen molar-refractivity contribution in [3.05, 3.63) is 35.4 Å². The largest absolute Gasteiger partial charge is 0.350 e. The van der Waals surface area contributed by atoms with Crippen LogP contribution < -0.4 is 10.6 Å². The summed E-state index contributed by atoms with van der Waals surface area (Å²) in [4.78, 5) is 12.2. The second kappa shape index (κ2) is 4.49. The van der Waals surface area contributed by atoms with Gasteiger partial charge in [-0.1, -0.05) is 24.3 Å². The smallest absolute Gasteiger partial charge is 0.227 e. The molecule has 1 aliphatic heterocycles. The molecule has 1 aromatic carbocycles. The molecular weight excluding hydrogens is 212 g/mol. The fraction of sp³-hybridized carbons (Fsp3) is 0.500. The lowest BCUT2D eigenvalue weighted by atomic mass is 9.82. The zero-order valence-corrected chi connectivity index (χ0v) is 9.91. The Kier molecular flexibility index (Phi) is 2.85. The first-order chi connectivity index (χ1) is 8.34. The highest BCUT2D eigenvalue weighted by Crippen LogP contribution is 2.31. The minimum absolute atomic E-state index is 0.0700. The van der Waals surface area contributed by atoms with Gasteiger partial charge in [0.25, 0.3) is 0 Å². The Morgan fingerprint density at radius 3 is 2.88 bits per heavy atom. The Morgan fingerprint density at radius 1 is 1.29 bits per heavy atom. The fourth-order valence-corrected chi connectivity index (χ4v) is 2.72. The van der Waals surface area contributed by atoms with Crippen LogP contribution in [0.1, 0.15) is 29.9 Å². The third-order valence-corrected chi connectivity index (χ3v) is 3.81. The van der Waals surface area contributed by atoms with E-state index in [4.69, 9.17) is 0 Å². The molecule has 0 bridgehead atoms. The molecule has 1 atom stereocenters. The number of aryl methyl sites for hydroxylation is 1. The highest BCUT2D eigenvalue weighted by Gasteiger charge is 2.28. The summed E-state index contributed by atoms with van der Waals surface area (Å²) in [6, 6.07) is 8.71. The van der Waals surface area contributed by atoms with Crippen LogP contribution in [0.4, 0.5) is 0 Å². The van der Waals surface area contributed by atoms with Gasteiger partial charge in [-0.25, -0.2) is 0 Å². The Labute approximate surface area is 102 Å². The molecule has 1 unspecified atom stereocenters. The first-order valence-corrected chi connectivity index (χ1v) is 6.43. The van der Waals surface area contributed by atoms with Gasteiger partial charge in [0.2, 0.25) is 5.91 Å². The molecule has 1 saturated heterocycles. The van der Waals surface area contributed by atoms with Crippen LogP contribution in [0.3, 0.4) is 0 Å². The van der Waals surface area contributed by atoms with Crippen molar-refractivity contribution in [1.29, 1.82) is 0 Å². The lowest BCUT2D eigenvalue weighted by Crippen LogP contribution is -2.57. The number of rotatable bonds is 2. The van der Waals surface area contributed by atoms with Crippen LogP contribution in [0.5, 0.6) is 0 Å². The molecule has 1 aliphatic carbocycles. The molecule has 0 saturated carbocycles. The molecule has 0 aromatic heterocycles. The van der Waals surface area contributed by atoms with Crippen molar-refractivity contribution in [1.82, 2.24) is 10.6 Å². The molecule has 3 nitrogen and oxygen atoms in total. The van der Waals surface area contributed by atoms with Gasteiger partial charge in [0.1, 0.15) is 0 Å². The lowest BCUT2D eigenvalue weighted by molar-refractivity contribution is -0.123. The summed E-state index contributed by atoms with van der Waals surface area (Å²) in [5, 5.41) is 6.30. The molecule has 1 amide bonds. The Hall–Kier alpha value is -1.35. The third-order valence-electron chi connectivity index (χ3n) is 3.81. The van der Waals surface area contributed by atoms with Crippen LogP contribution in [0.25, 0.3) is 0 Å². The molecule has 0 radical (unpaired) electrons. The van der Waals surface area contributed by atoms with Gasteiger partial charge in [0, 0.05) is 13.1 Å². The standard InChI is InChI=1S/C14H18N2O/c17-14(16-11-8-15-9-11)13-7-3-5-10-4-1-2-6-12(10)13/h1-2,4,6,11,13,15H,3,5,7-9H2,(H,16,17). The quantitative estimate of drug-likeness (QED) is 0.801. The van der Waals surface area contributed by atoms with Gasteiger partial charge in [0.15, 0.2) is 0 Å². The molecule has 2 aliphatic rings. The summed E-state index contributed by atoms with van der Waals surface area (Å²) < 4.78 is 0. The number of carbonyl (C=O) groups excluding carboxylic acids is 1. The maximum atomic E-state index is 12.2. The monoisotopic (exact) mass is 230 g/mol. The van der Waals surface area contributed by atoms with E-state index in [0.717, 1.165) is 32.4 Å². The zero-order chi connectivity index (χ0) is 11.7. The average Bonchev–Trinajstić information content (AvgIpc) is 2.33. The van der Waals surface area contributed by atoms with E-state index in [1.165, 1.54) is 11.1 Å². The zero-order valence-electron chi connectivity index (χ0n) is 9.91. The average molecular weight is 230 g/mol. The van der Waals surface area contributed by atoms with E-state index in [-0.39, 0.29) is 11.8 Å². The molecule has 2 N–H and O–H groups in total. The Bertz CT molecular complexity index is 426. The van der Waals surface area contributed by atoms with Crippen molar-refractivity contribution in [3.63, 3.8) is 0 Å². The topological polar surface area (TPSA) is 41.1 Å². The molecule has 90 valence electrons. The molecular formula is C14H18N2O. The van der Waals surface area contributed by atoms with Crippen LogP contribution in [0, 0.1) is 0 Å². The maximum absolute atomic E-state index is 12.2. The SMILES string of the molecule is O=C(NC1CNC1)C1CCCc2ccccc21. The van der Waals surface area contributed by atoms with Gasteiger partial charge in [-0.3, -0.25) is 4.79 Å². The van der Waals surface area contributed by atoms with Crippen molar-refractivity contribution in [3.8, 4) is 0 Å². The Morgan fingerprint density at radius 2 is 2.12 bits per heavy atom. The minimum atomic E-state index is 0.0700. The van der Waals surface area contributed by atoms with Crippen molar-refractivity contribution in [2.24, 2.45) is 0 Å². The molecule has 1 fully saturated rings. The highest BCUT2D eigenvalue weighted by molar-refractivity contribution is 5.84. The normalized spacial score (nSPS) is 23.6. The van der Waals surface area contributed by atoms with E-state index >= 15 is 0 Å². The summed E-state index contributed by atoms with van der Waals surface area (Å²) in [7, 11) is 0. The summed E-state index contributed by atoms with van der Waals surface area (Å²) >= 11 is 0. The van der Waals surface area contributed by atoms with Crippen molar-refractivity contribution < 1.29 is 4.79 Å². The van der Waals surface area contributed by atoms with Gasteiger partial charge >= 0.3 is 0 Å². The van der Waals surface area contributed by atoms with Crippen LogP contribution >= 0.6 is 0 Å². The van der Waals surface area contributed by atoms with Gasteiger partial charge in [-0.15, -0.1) is 0 Å². The minimum Gasteiger partial charge on any atom is -0.350 e. The van der Waals surface area contributed by atoms with Crippen molar-refractivity contribution in [2.45, 2.75) is 31.2 Å². The molecule has 17 heavy (non-hydrogen) atoms. The van der Waals surface area contributed by atoms with Gasteiger partial charge < -0.3 is 10.6 Å². The number of amides is 1. The predicted octanol–water partition coefficient (Wildman–Crippen LogP) is 1.19. The number of fused-ring (bicyclic) bond motifs is 1. The third kappa shape index (κ3) is 2.07. The van der Waals surface area contributed by atoms with E-state index in [1.807, 2.05) is 6.07 Å². The second-order valence-corrected chi connectivity index (χ2v) is 5.01. The lowest BCUT2D eigenvalue weighted by Gasteiger charge is -2.31. The highest BCUT2D eigenvalue weighted by atomic mass is 16.2. The maximum Gasteiger partial charge on any atom is 0.227 e. The summed E-state index contributed by atoms with van der Waals surface area (Å²) in [6.07, 6.45) is 3.23. The molecule has 3 heteroatoms. The van der Waals surface area contributed by atoms with Gasteiger partial charge in [-0.05, 0) is 30.4 Å². The van der Waals surface area contributed by atoms with Gasteiger partial charge in [0.05, 0.1) is 12.0 Å². The van der Waals surface area contributed by atoms with Crippen LogP contribution in [0.15, 0.2) is 24.3 Å². The van der Waals surface area contributed by atoms with Crippen LogP contribution in [-0.2, 0) is 11.2 Å². The van der Waals surface area contributed by atoms with Crippen LogP contribution in [-0.4, -0.2) is 25.0 Å². The number of nitrogens with one attached hydrogen (secondary N) is 2.